The van der Waals surface area contributed by atoms with Crippen LogP contribution < -0.4 is 5.32 Å². The number of rotatable bonds is 5. The molecule has 0 bridgehead atoms. The highest BCUT2D eigenvalue weighted by Gasteiger charge is 2.35. The molecular weight excluding hydrogens is 248 g/mol. The number of ether oxygens (including phenoxy) is 2. The summed E-state index contributed by atoms with van der Waals surface area (Å²) in [6.45, 7) is 1.58. The summed E-state index contributed by atoms with van der Waals surface area (Å²) in [5.41, 5.74) is -0.411. The molecule has 19 heavy (non-hydrogen) atoms. The van der Waals surface area contributed by atoms with E-state index in [4.69, 9.17) is 9.47 Å². The van der Waals surface area contributed by atoms with E-state index in [-0.39, 0.29) is 11.7 Å². The van der Waals surface area contributed by atoms with Gasteiger partial charge in [-0.15, -0.1) is 5.10 Å². The minimum absolute atomic E-state index is 0.201. The van der Waals surface area contributed by atoms with Gasteiger partial charge in [0.2, 0.25) is 5.82 Å². The van der Waals surface area contributed by atoms with E-state index in [1.807, 2.05) is 0 Å². The number of amides is 1. The normalized spacial score (nSPS) is 26.6. The Morgan fingerprint density at radius 1 is 1.63 bits per heavy atom. The molecule has 2 fully saturated rings. The number of H-pyrrole nitrogens is 1. The fraction of sp³-hybridized carbons (Fsp3) is 0.750. The summed E-state index contributed by atoms with van der Waals surface area (Å²) in [4.78, 5) is 16.2. The van der Waals surface area contributed by atoms with Crippen molar-refractivity contribution >= 4 is 5.91 Å². The van der Waals surface area contributed by atoms with Gasteiger partial charge < -0.3 is 14.8 Å². The van der Waals surface area contributed by atoms with Crippen molar-refractivity contribution in [1.82, 2.24) is 20.5 Å². The largest absolute Gasteiger partial charge is 0.378 e. The second-order valence-electron chi connectivity index (χ2n) is 5.19. The summed E-state index contributed by atoms with van der Waals surface area (Å²) in [7, 11) is 1.64. The Balaban J connectivity index is 1.57. The van der Waals surface area contributed by atoms with Crippen LogP contribution in [-0.2, 0) is 9.47 Å². The molecule has 1 aliphatic heterocycles. The molecule has 0 aromatic carbocycles. The molecule has 1 aromatic heterocycles. The molecule has 3 rings (SSSR count). The Labute approximate surface area is 111 Å². The van der Waals surface area contributed by atoms with Crippen LogP contribution in [0.25, 0.3) is 0 Å². The number of hydrogen-bond donors (Lipinski definition) is 2. The maximum atomic E-state index is 12.0. The first-order chi connectivity index (χ1) is 9.22. The average molecular weight is 266 g/mol. The third-order valence-electron chi connectivity index (χ3n) is 3.74. The molecule has 1 aliphatic carbocycles. The maximum Gasteiger partial charge on any atom is 0.291 e. The number of methoxy groups -OCH3 is 1. The van der Waals surface area contributed by atoms with E-state index in [1.165, 1.54) is 0 Å². The molecule has 1 saturated carbocycles. The molecule has 2 aliphatic rings. The molecule has 7 heteroatoms. The fourth-order valence-corrected chi connectivity index (χ4v) is 2.20. The number of nitrogens with zero attached hydrogens (tertiary/aromatic N) is 2. The van der Waals surface area contributed by atoms with Gasteiger partial charge in [0.15, 0.2) is 0 Å². The molecule has 1 aromatic rings. The van der Waals surface area contributed by atoms with Crippen LogP contribution in [0.2, 0.25) is 0 Å². The number of nitrogens with one attached hydrogen (secondary N) is 2. The van der Waals surface area contributed by atoms with Crippen LogP contribution >= 0.6 is 0 Å². The molecule has 2 N–H and O–H groups in total. The molecule has 1 unspecified atom stereocenters. The number of aromatic nitrogens is 3. The summed E-state index contributed by atoms with van der Waals surface area (Å²) < 4.78 is 10.8. The van der Waals surface area contributed by atoms with Crippen molar-refractivity contribution < 1.29 is 14.3 Å². The van der Waals surface area contributed by atoms with E-state index < -0.39 is 5.60 Å². The maximum absolute atomic E-state index is 12.0. The van der Waals surface area contributed by atoms with Gasteiger partial charge >= 0.3 is 0 Å². The summed E-state index contributed by atoms with van der Waals surface area (Å²) in [6.07, 6.45) is 3.03. The van der Waals surface area contributed by atoms with Crippen LogP contribution in [0.1, 0.15) is 41.6 Å². The highest BCUT2D eigenvalue weighted by molar-refractivity contribution is 5.90. The smallest absolute Gasteiger partial charge is 0.291 e. The lowest BCUT2D eigenvalue weighted by Gasteiger charge is -2.25. The van der Waals surface area contributed by atoms with Crippen molar-refractivity contribution in [1.29, 1.82) is 0 Å². The number of carbonyl (C=O) groups excluding carboxylic acids is 1. The summed E-state index contributed by atoms with van der Waals surface area (Å²) in [5, 5.41) is 9.59. The van der Waals surface area contributed by atoms with Gasteiger partial charge in [-0.05, 0) is 12.8 Å². The van der Waals surface area contributed by atoms with Gasteiger partial charge in [-0.2, -0.15) is 0 Å². The van der Waals surface area contributed by atoms with Crippen LogP contribution in [0.15, 0.2) is 0 Å². The van der Waals surface area contributed by atoms with Crippen LogP contribution in [0, 0.1) is 0 Å². The van der Waals surface area contributed by atoms with E-state index in [2.05, 4.69) is 20.5 Å². The first-order valence-electron chi connectivity index (χ1n) is 6.56. The zero-order chi connectivity index (χ0) is 13.3. The third kappa shape index (κ3) is 2.62. The van der Waals surface area contributed by atoms with Crippen LogP contribution in [0.3, 0.4) is 0 Å². The van der Waals surface area contributed by atoms with E-state index in [0.29, 0.717) is 25.7 Å². The predicted molar refractivity (Wildman–Crippen MR) is 65.9 cm³/mol. The Hall–Kier alpha value is -1.47. The molecule has 0 spiro atoms. The van der Waals surface area contributed by atoms with Crippen molar-refractivity contribution in [3.05, 3.63) is 11.6 Å². The zero-order valence-electron chi connectivity index (χ0n) is 10.9. The first-order valence-corrected chi connectivity index (χ1v) is 6.56. The van der Waals surface area contributed by atoms with E-state index >= 15 is 0 Å². The Bertz CT molecular complexity index is 463. The highest BCUT2D eigenvalue weighted by Crippen LogP contribution is 2.37. The molecule has 104 valence electrons. The van der Waals surface area contributed by atoms with Gasteiger partial charge in [0.05, 0.1) is 6.61 Å². The summed E-state index contributed by atoms with van der Waals surface area (Å²) in [6, 6.07) is 0. The van der Waals surface area contributed by atoms with Gasteiger partial charge in [0.1, 0.15) is 11.4 Å². The van der Waals surface area contributed by atoms with Gasteiger partial charge in [-0.25, -0.2) is 4.98 Å². The lowest BCUT2D eigenvalue weighted by Crippen LogP contribution is -2.45. The van der Waals surface area contributed by atoms with Crippen LogP contribution in [0.5, 0.6) is 0 Å². The minimum atomic E-state index is -0.411. The van der Waals surface area contributed by atoms with Gasteiger partial charge in [-0.1, -0.05) is 0 Å². The Kier molecular flexibility index (Phi) is 3.24. The van der Waals surface area contributed by atoms with Gasteiger partial charge in [0, 0.05) is 32.6 Å². The SMILES string of the molecule is COC1(CNC(=O)c2n[nH]c(C3CC3)n2)CCOC1. The zero-order valence-corrected chi connectivity index (χ0v) is 10.9. The van der Waals surface area contributed by atoms with Crippen molar-refractivity contribution in [2.45, 2.75) is 30.8 Å². The Morgan fingerprint density at radius 2 is 2.47 bits per heavy atom. The molecule has 1 amide bonds. The van der Waals surface area contributed by atoms with E-state index in [1.54, 1.807) is 7.11 Å². The minimum Gasteiger partial charge on any atom is -0.378 e. The van der Waals surface area contributed by atoms with Gasteiger partial charge in [-0.3, -0.25) is 9.89 Å². The molecular formula is C12H18N4O3. The lowest BCUT2D eigenvalue weighted by atomic mass is 10.0. The van der Waals surface area contributed by atoms with Gasteiger partial charge in [0.25, 0.3) is 5.91 Å². The predicted octanol–water partition coefficient (Wildman–Crippen LogP) is 0.217. The Morgan fingerprint density at radius 3 is 3.11 bits per heavy atom. The van der Waals surface area contributed by atoms with Crippen molar-refractivity contribution in [3.63, 3.8) is 0 Å². The van der Waals surface area contributed by atoms with E-state index in [0.717, 1.165) is 25.1 Å². The third-order valence-corrected chi connectivity index (χ3v) is 3.74. The molecule has 0 radical (unpaired) electrons. The molecule has 2 heterocycles. The second kappa shape index (κ2) is 4.90. The standard InChI is InChI=1S/C12H18N4O3/c1-18-12(4-5-19-7-12)6-13-11(17)10-14-9(15-16-10)8-2-3-8/h8H,2-7H2,1H3,(H,13,17)(H,14,15,16). The fourth-order valence-electron chi connectivity index (χ4n) is 2.20. The van der Waals surface area contributed by atoms with Crippen molar-refractivity contribution in [3.8, 4) is 0 Å². The number of aromatic amines is 1. The van der Waals surface area contributed by atoms with Crippen LogP contribution in [0.4, 0.5) is 0 Å². The number of hydrogen-bond acceptors (Lipinski definition) is 5. The van der Waals surface area contributed by atoms with Crippen LogP contribution in [-0.4, -0.2) is 53.6 Å². The van der Waals surface area contributed by atoms with Crippen molar-refractivity contribution in [2.75, 3.05) is 26.9 Å². The lowest BCUT2D eigenvalue weighted by molar-refractivity contribution is -0.0149. The number of carbonyl (C=O) groups is 1. The monoisotopic (exact) mass is 266 g/mol. The quantitative estimate of drug-likeness (QED) is 0.795. The van der Waals surface area contributed by atoms with Crippen molar-refractivity contribution in [2.24, 2.45) is 0 Å². The summed E-state index contributed by atoms with van der Waals surface area (Å²) >= 11 is 0. The van der Waals surface area contributed by atoms with E-state index in [9.17, 15) is 4.79 Å². The second-order valence-corrected chi connectivity index (χ2v) is 5.19. The first kappa shape index (κ1) is 12.6. The molecule has 1 saturated heterocycles. The molecule has 1 atom stereocenters. The molecule has 7 nitrogen and oxygen atoms in total. The summed E-state index contributed by atoms with van der Waals surface area (Å²) in [5.74, 6) is 1.21. The highest BCUT2D eigenvalue weighted by atomic mass is 16.5. The topological polar surface area (TPSA) is 89.1 Å². The average Bonchev–Trinajstić information content (AvgIpc) is 2.99.